The number of aromatic amines is 1. The number of benzene rings is 1. The van der Waals surface area contributed by atoms with Gasteiger partial charge < -0.3 is 15.0 Å². The summed E-state index contributed by atoms with van der Waals surface area (Å²) >= 11 is 3.43. The molecule has 100 valence electrons. The van der Waals surface area contributed by atoms with Gasteiger partial charge in [-0.1, -0.05) is 15.9 Å². The Morgan fingerprint density at radius 1 is 1.32 bits per heavy atom. The molecule has 2 N–H and O–H groups in total. The minimum absolute atomic E-state index is 0.0424. The number of carbonyl (C=O) groups excluding carboxylic acids is 1. The van der Waals surface area contributed by atoms with Crippen molar-refractivity contribution in [2.45, 2.75) is 18.9 Å². The van der Waals surface area contributed by atoms with E-state index in [2.05, 4.69) is 26.2 Å². The molecular formula is C14H15BrN2O2. The molecule has 0 atom stereocenters. The minimum atomic E-state index is -0.0424. The van der Waals surface area contributed by atoms with Crippen LogP contribution in [0.25, 0.3) is 10.9 Å². The summed E-state index contributed by atoms with van der Waals surface area (Å²) in [7, 11) is 0. The molecule has 2 heterocycles. The molecule has 0 bridgehead atoms. The van der Waals surface area contributed by atoms with Crippen LogP contribution >= 0.6 is 15.9 Å². The average Bonchev–Trinajstić information content (AvgIpc) is 2.83. The van der Waals surface area contributed by atoms with Gasteiger partial charge in [-0.15, -0.1) is 0 Å². The Morgan fingerprint density at radius 2 is 2.11 bits per heavy atom. The van der Waals surface area contributed by atoms with Gasteiger partial charge in [-0.2, -0.15) is 0 Å². The molecule has 0 radical (unpaired) electrons. The zero-order valence-electron chi connectivity index (χ0n) is 10.4. The van der Waals surface area contributed by atoms with Gasteiger partial charge in [-0.25, -0.2) is 0 Å². The maximum atomic E-state index is 12.2. The topological polar surface area (TPSA) is 54.1 Å². The van der Waals surface area contributed by atoms with Gasteiger partial charge in [0.15, 0.2) is 0 Å². The molecule has 5 heteroatoms. The lowest BCUT2D eigenvalue weighted by Gasteiger charge is -2.22. The monoisotopic (exact) mass is 322 g/mol. The maximum Gasteiger partial charge on any atom is 0.267 e. The third-order valence-electron chi connectivity index (χ3n) is 3.38. The first kappa shape index (κ1) is 12.7. The zero-order chi connectivity index (χ0) is 13.2. The van der Waals surface area contributed by atoms with Crippen LogP contribution in [-0.4, -0.2) is 30.1 Å². The molecule has 1 amide bonds. The lowest BCUT2D eigenvalue weighted by molar-refractivity contribution is 0.0694. The van der Waals surface area contributed by atoms with Crippen molar-refractivity contribution in [2.75, 3.05) is 13.2 Å². The fourth-order valence-electron chi connectivity index (χ4n) is 2.33. The van der Waals surface area contributed by atoms with Crippen molar-refractivity contribution in [2.24, 2.45) is 0 Å². The van der Waals surface area contributed by atoms with Crippen LogP contribution < -0.4 is 5.32 Å². The summed E-state index contributed by atoms with van der Waals surface area (Å²) in [6.45, 7) is 1.45. The summed E-state index contributed by atoms with van der Waals surface area (Å²) in [6, 6.07) is 8.02. The first-order chi connectivity index (χ1) is 9.22. The van der Waals surface area contributed by atoms with Gasteiger partial charge in [-0.05, 0) is 37.1 Å². The number of halogens is 1. The molecule has 1 aromatic heterocycles. The SMILES string of the molecule is O=C(NC1CCOCC1)c1cc2cc(Br)ccc2[nH]1. The van der Waals surface area contributed by atoms with E-state index in [4.69, 9.17) is 4.74 Å². The number of amides is 1. The van der Waals surface area contributed by atoms with E-state index < -0.39 is 0 Å². The van der Waals surface area contributed by atoms with Crippen molar-refractivity contribution in [1.29, 1.82) is 0 Å². The van der Waals surface area contributed by atoms with Crippen LogP contribution in [0, 0.1) is 0 Å². The second-order valence-corrected chi connectivity index (χ2v) is 5.69. The van der Waals surface area contributed by atoms with Crippen molar-refractivity contribution >= 4 is 32.7 Å². The smallest absolute Gasteiger partial charge is 0.267 e. The number of hydrogen-bond acceptors (Lipinski definition) is 2. The summed E-state index contributed by atoms with van der Waals surface area (Å²) < 4.78 is 6.29. The molecule has 0 saturated carbocycles. The number of fused-ring (bicyclic) bond motifs is 1. The Morgan fingerprint density at radius 3 is 2.89 bits per heavy atom. The van der Waals surface area contributed by atoms with Crippen LogP contribution in [0.15, 0.2) is 28.7 Å². The molecule has 4 nitrogen and oxygen atoms in total. The third kappa shape index (κ3) is 2.82. The number of H-pyrrole nitrogens is 1. The van der Waals surface area contributed by atoms with Gasteiger partial charge in [0, 0.05) is 34.6 Å². The van der Waals surface area contributed by atoms with E-state index in [1.807, 2.05) is 24.3 Å². The summed E-state index contributed by atoms with van der Waals surface area (Å²) in [5.74, 6) is -0.0424. The largest absolute Gasteiger partial charge is 0.381 e. The van der Waals surface area contributed by atoms with Gasteiger partial charge in [-0.3, -0.25) is 4.79 Å². The summed E-state index contributed by atoms with van der Waals surface area (Å²) in [4.78, 5) is 15.3. The van der Waals surface area contributed by atoms with E-state index in [1.54, 1.807) is 0 Å². The lowest BCUT2D eigenvalue weighted by atomic mass is 10.1. The van der Waals surface area contributed by atoms with E-state index in [9.17, 15) is 4.79 Å². The van der Waals surface area contributed by atoms with Crippen molar-refractivity contribution in [3.63, 3.8) is 0 Å². The molecule has 1 aliphatic rings. The highest BCUT2D eigenvalue weighted by Crippen LogP contribution is 2.20. The summed E-state index contributed by atoms with van der Waals surface area (Å²) in [6.07, 6.45) is 1.77. The number of aromatic nitrogens is 1. The van der Waals surface area contributed by atoms with Gasteiger partial charge in [0.05, 0.1) is 0 Å². The van der Waals surface area contributed by atoms with Crippen LogP contribution in [-0.2, 0) is 4.74 Å². The maximum absolute atomic E-state index is 12.2. The third-order valence-corrected chi connectivity index (χ3v) is 3.88. The molecule has 0 spiro atoms. The molecule has 0 unspecified atom stereocenters. The van der Waals surface area contributed by atoms with Crippen molar-refractivity contribution in [3.8, 4) is 0 Å². The van der Waals surface area contributed by atoms with Crippen LogP contribution in [0.5, 0.6) is 0 Å². The van der Waals surface area contributed by atoms with Crippen molar-refractivity contribution in [1.82, 2.24) is 10.3 Å². The van der Waals surface area contributed by atoms with Gasteiger partial charge >= 0.3 is 0 Å². The number of nitrogens with one attached hydrogen (secondary N) is 2. The Hall–Kier alpha value is -1.33. The Kier molecular flexibility index (Phi) is 3.57. The van der Waals surface area contributed by atoms with E-state index in [1.165, 1.54) is 0 Å². The molecule has 1 saturated heterocycles. The Bertz CT molecular complexity index is 603. The molecule has 1 fully saturated rings. The predicted molar refractivity (Wildman–Crippen MR) is 77.3 cm³/mol. The van der Waals surface area contributed by atoms with Gasteiger partial charge in [0.1, 0.15) is 5.69 Å². The molecule has 1 aliphatic heterocycles. The molecule has 3 rings (SSSR count). The number of carbonyl (C=O) groups is 1. The van der Waals surface area contributed by atoms with E-state index in [0.29, 0.717) is 5.69 Å². The molecular weight excluding hydrogens is 308 g/mol. The van der Waals surface area contributed by atoms with Crippen molar-refractivity contribution < 1.29 is 9.53 Å². The van der Waals surface area contributed by atoms with Gasteiger partial charge in [0.25, 0.3) is 5.91 Å². The second-order valence-electron chi connectivity index (χ2n) is 4.77. The van der Waals surface area contributed by atoms with E-state index in [-0.39, 0.29) is 11.9 Å². The molecule has 0 aliphatic carbocycles. The lowest BCUT2D eigenvalue weighted by Crippen LogP contribution is -2.39. The Balaban J connectivity index is 1.77. The van der Waals surface area contributed by atoms with Crippen LogP contribution in [0.1, 0.15) is 23.3 Å². The van der Waals surface area contributed by atoms with Gasteiger partial charge in [0.2, 0.25) is 0 Å². The normalized spacial score (nSPS) is 16.7. The van der Waals surface area contributed by atoms with E-state index >= 15 is 0 Å². The summed E-state index contributed by atoms with van der Waals surface area (Å²) in [5, 5.41) is 4.08. The first-order valence-electron chi connectivity index (χ1n) is 6.39. The minimum Gasteiger partial charge on any atom is -0.381 e. The number of ether oxygens (including phenoxy) is 1. The van der Waals surface area contributed by atoms with Crippen LogP contribution in [0.2, 0.25) is 0 Å². The second kappa shape index (κ2) is 5.35. The standard InChI is InChI=1S/C14H15BrN2O2/c15-10-1-2-12-9(7-10)8-13(17-12)14(18)16-11-3-5-19-6-4-11/h1-2,7-8,11,17H,3-6H2,(H,16,18). The summed E-state index contributed by atoms with van der Waals surface area (Å²) in [5.41, 5.74) is 1.58. The number of hydrogen-bond donors (Lipinski definition) is 2. The fourth-order valence-corrected chi connectivity index (χ4v) is 2.71. The average molecular weight is 323 g/mol. The highest BCUT2D eigenvalue weighted by molar-refractivity contribution is 9.10. The predicted octanol–water partition coefficient (Wildman–Crippen LogP) is 2.84. The highest BCUT2D eigenvalue weighted by atomic mass is 79.9. The van der Waals surface area contributed by atoms with E-state index in [0.717, 1.165) is 41.4 Å². The Labute approximate surface area is 119 Å². The molecule has 2 aromatic rings. The zero-order valence-corrected chi connectivity index (χ0v) is 12.0. The first-order valence-corrected chi connectivity index (χ1v) is 7.18. The highest BCUT2D eigenvalue weighted by Gasteiger charge is 2.18. The van der Waals surface area contributed by atoms with Crippen LogP contribution in [0.3, 0.4) is 0 Å². The van der Waals surface area contributed by atoms with Crippen molar-refractivity contribution in [3.05, 3.63) is 34.4 Å². The fraction of sp³-hybridized carbons (Fsp3) is 0.357. The molecule has 1 aromatic carbocycles. The quantitative estimate of drug-likeness (QED) is 0.893. The number of rotatable bonds is 2. The van der Waals surface area contributed by atoms with Crippen LogP contribution in [0.4, 0.5) is 0 Å². The molecule has 19 heavy (non-hydrogen) atoms.